The molecule has 2 fully saturated rings. The maximum Gasteiger partial charge on any atom is 0.342 e. The minimum atomic E-state index is -3.12. The number of rotatable bonds is 4. The van der Waals surface area contributed by atoms with E-state index in [0.717, 1.165) is 0 Å². The van der Waals surface area contributed by atoms with E-state index in [1.165, 1.54) is 0 Å². The first-order chi connectivity index (χ1) is 63.1. The Balaban J connectivity index is 0.914. The lowest BCUT2D eigenvalue weighted by Gasteiger charge is -2.44. The van der Waals surface area contributed by atoms with Gasteiger partial charge in [0.15, 0.2) is 151 Å². The Morgan fingerprint density at radius 1 is 0.239 bits per heavy atom. The zero-order chi connectivity index (χ0) is 97.3. The average Bonchev–Trinajstić information content (AvgIpc) is 1.32. The quantitative estimate of drug-likeness (QED) is 0.0669. The molecule has 134 heavy (non-hydrogen) atoms. The fourth-order valence-electron chi connectivity index (χ4n) is 14.3. The van der Waals surface area contributed by atoms with Crippen molar-refractivity contribution >= 4 is 59.7 Å². The van der Waals surface area contributed by atoms with Crippen molar-refractivity contribution in [2.24, 2.45) is 0 Å². The number of benzene rings is 10. The number of esters is 10. The average molecular weight is 1870 g/mol. The van der Waals surface area contributed by atoms with Crippen LogP contribution in [0.5, 0.6) is 184 Å². The molecule has 0 aliphatic carbocycles. The van der Waals surface area contributed by atoms with E-state index < -0.39 is 396 Å². The molecule has 10 aromatic carbocycles. The van der Waals surface area contributed by atoms with Crippen molar-refractivity contribution in [3.05, 3.63) is 141 Å². The monoisotopic (exact) mass is 1870 g/mol. The highest BCUT2D eigenvalue weighted by Gasteiger charge is 2.59. The molecule has 10 aromatic rings. The van der Waals surface area contributed by atoms with Crippen molar-refractivity contribution in [2.45, 2.75) is 61.4 Å². The van der Waals surface area contributed by atoms with Crippen LogP contribution in [-0.4, -0.2) is 277 Å². The van der Waals surface area contributed by atoms with E-state index in [2.05, 4.69) is 0 Å². The molecule has 0 spiro atoms. The molecule has 0 saturated carbocycles. The zero-order valence-electron chi connectivity index (χ0n) is 65.6. The van der Waals surface area contributed by atoms with Crippen LogP contribution in [0, 0.1) is 0 Å². The molecular weight excluding hydrogens is 1820 g/mol. The standard InChI is InChI=1S/C82H56O52/c83-27-1-17(2-28(84)47(27)97)71(111)129-67-65-41(15-121-75(115)21-9-31(87)49(99)55(105)43(21)45-23(77(117)127-65)11-33(89)51(101)57(45)107)123-81-69(67)131-79(119)25-13-35(91)53(103)59(109)61(25)125-63-39(95)7-20(8-40(63)96)74(114)134-82-70(132-80(120)26-14-36(92)54(104)60(110)62(26)126-64-37(93)5-19(6-38(64)94)73(113)133-81)68(130-72(112)18-3-29(85)48(98)30(86)4-18)66-42(124-82)16-122-76(116)22-10-32(88)50(100)56(106)44(22)46-24(78(118)128-66)12-34(90)52(102)58(46)108/h1-14,41-42,65-70,81-110H,15-16H2/t41-,42-,65-,66-,67+,68+,69-,70-,81+,82+/m1/s1. The van der Waals surface area contributed by atoms with Gasteiger partial charge in [-0.2, -0.15) is 0 Å². The number of fused-ring (bicyclic) bond motifs is 8. The summed E-state index contributed by atoms with van der Waals surface area (Å²) in [6.45, 7) is -3.18. The van der Waals surface area contributed by atoms with Gasteiger partial charge in [0, 0.05) is 34.4 Å². The first-order valence-electron chi connectivity index (χ1n) is 37.1. The van der Waals surface area contributed by atoms with Gasteiger partial charge in [0.2, 0.25) is 82.3 Å². The summed E-state index contributed by atoms with van der Waals surface area (Å²) >= 11 is 0. The van der Waals surface area contributed by atoms with Gasteiger partial charge in [-0.15, -0.1) is 0 Å². The van der Waals surface area contributed by atoms with Gasteiger partial charge in [-0.1, -0.05) is 0 Å². The molecule has 8 heterocycles. The molecule has 0 amide bonds. The molecule has 18 rings (SSSR count). The highest BCUT2D eigenvalue weighted by Crippen LogP contribution is 2.59. The van der Waals surface area contributed by atoms with Crippen LogP contribution in [0.1, 0.15) is 104 Å². The molecule has 0 radical (unpaired) electrons. The fraction of sp³-hybridized carbons (Fsp3) is 0.146. The lowest BCUT2D eigenvalue weighted by molar-refractivity contribution is -0.282. The molecule has 10 atom stereocenters. The largest absolute Gasteiger partial charge is 0.504 e. The molecule has 52 heteroatoms. The maximum atomic E-state index is 15.5. The summed E-state index contributed by atoms with van der Waals surface area (Å²) in [5, 5.41) is 311. The molecule has 2 saturated heterocycles. The summed E-state index contributed by atoms with van der Waals surface area (Å²) < 4.78 is 80.3. The van der Waals surface area contributed by atoms with Crippen LogP contribution in [0.15, 0.2) is 84.9 Å². The maximum absolute atomic E-state index is 15.5. The molecule has 28 N–H and O–H groups in total. The van der Waals surface area contributed by atoms with E-state index in [1.807, 2.05) is 0 Å². The Kier molecular flexibility index (Phi) is 22.2. The summed E-state index contributed by atoms with van der Waals surface area (Å²) in [6.07, 6.45) is -29.3. The van der Waals surface area contributed by atoms with Gasteiger partial charge in [0.05, 0.1) is 44.5 Å². The van der Waals surface area contributed by atoms with E-state index in [-0.39, 0.29) is 48.5 Å². The van der Waals surface area contributed by atoms with E-state index in [1.54, 1.807) is 0 Å². The minimum absolute atomic E-state index is 0.111. The first kappa shape index (κ1) is 89.6. The van der Waals surface area contributed by atoms with Crippen LogP contribution >= 0.6 is 0 Å². The second-order valence-corrected chi connectivity index (χ2v) is 28.9. The summed E-state index contributed by atoms with van der Waals surface area (Å²) in [4.78, 5) is 150. The normalized spacial score (nSPS) is 20.1. The third kappa shape index (κ3) is 15.4. The van der Waals surface area contributed by atoms with Crippen LogP contribution in [0.25, 0.3) is 22.3 Å². The molecule has 52 nitrogen and oxygen atoms in total. The highest BCUT2D eigenvalue weighted by atomic mass is 16.8. The Bertz CT molecular complexity index is 6330. The number of cyclic esters (lactones) is 2. The number of phenolic OH excluding ortho intramolecular Hbond substituents is 28. The summed E-state index contributed by atoms with van der Waals surface area (Å²) in [5.41, 5.74) is -18.0. The van der Waals surface area contributed by atoms with Crippen molar-refractivity contribution in [1.29, 1.82) is 0 Å². The predicted octanol–water partition coefficient (Wildman–Crippen LogP) is 4.13. The molecule has 0 aromatic heterocycles. The van der Waals surface area contributed by atoms with Crippen LogP contribution in [0.4, 0.5) is 0 Å². The Labute approximate surface area is 735 Å². The first-order valence-corrected chi connectivity index (χ1v) is 37.1. The van der Waals surface area contributed by atoms with Crippen LogP contribution in [-0.2, 0) is 56.8 Å². The SMILES string of the molecule is O=C1O[C@@H]2O[C@@H]3COC(=O)c4cc(O)c(O)c(O)c4-c4c(cc(O)c(O)c4O)C(=O)O[C@H]3[C@H](OC(=O)c3cc(O)c(O)c(O)c3)[C@H]2OC(=O)c2cc(O)c(O)c(O)c2Oc2c(O)cc(cc2O)C(=O)O[C@@H]2O[C@@H]3COC(=O)c4cc(O)c(O)c(O)c4-c4c(cc(O)c(O)c4O)C(=O)O[C@H]3[C@H](OC(=O)c3cc(O)c(O)c(O)c3)[C@H]2OC(=O)c2cc(O)c(O)c(O)c2Oc2c(O)cc1cc2O. The molecule has 8 aliphatic rings. The predicted molar refractivity (Wildman–Crippen MR) is 413 cm³/mol. The van der Waals surface area contributed by atoms with Gasteiger partial charge in [-0.05, 0) is 72.8 Å². The third-order valence-corrected chi connectivity index (χ3v) is 20.7. The smallest absolute Gasteiger partial charge is 0.342 e. The molecule has 8 aliphatic heterocycles. The second kappa shape index (κ2) is 33.2. The van der Waals surface area contributed by atoms with Gasteiger partial charge in [-0.3, -0.25) is 0 Å². The number of ether oxygens (including phenoxy) is 14. The van der Waals surface area contributed by atoms with Crippen molar-refractivity contribution in [3.63, 3.8) is 0 Å². The molecule has 0 unspecified atom stereocenters. The number of carbonyl (C=O) groups excluding carboxylic acids is 10. The topological polar surface area (TPSA) is 866 Å². The molecule has 4 bridgehead atoms. The third-order valence-electron chi connectivity index (χ3n) is 20.7. The number of hydrogen-bond donors (Lipinski definition) is 28. The van der Waals surface area contributed by atoms with E-state index in [9.17, 15) is 162 Å². The molecule has 696 valence electrons. The number of aromatic hydroxyl groups is 28. The zero-order valence-corrected chi connectivity index (χ0v) is 65.6. The van der Waals surface area contributed by atoms with E-state index >= 15 is 28.8 Å². The van der Waals surface area contributed by atoms with Crippen LogP contribution < -0.4 is 9.47 Å². The lowest BCUT2D eigenvalue weighted by Crippen LogP contribution is -2.63. The Morgan fingerprint density at radius 3 is 0.761 bits per heavy atom. The summed E-state index contributed by atoms with van der Waals surface area (Å²) in [5.74, 6) is -70.0. The fourth-order valence-corrected chi connectivity index (χ4v) is 14.3. The van der Waals surface area contributed by atoms with Crippen molar-refractivity contribution in [3.8, 4) is 206 Å². The van der Waals surface area contributed by atoms with E-state index in [4.69, 9.17) is 66.3 Å². The van der Waals surface area contributed by atoms with Crippen LogP contribution in [0.2, 0.25) is 0 Å². The second-order valence-electron chi connectivity index (χ2n) is 28.9. The number of phenols is 28. The number of hydrogen-bond acceptors (Lipinski definition) is 52. The van der Waals surface area contributed by atoms with Gasteiger partial charge >= 0.3 is 59.7 Å². The van der Waals surface area contributed by atoms with E-state index in [0.29, 0.717) is 36.4 Å². The van der Waals surface area contributed by atoms with Gasteiger partial charge < -0.3 is 209 Å². The highest BCUT2D eigenvalue weighted by molar-refractivity contribution is 6.11. The Hall–Kier alpha value is -19.2. The minimum Gasteiger partial charge on any atom is -0.504 e. The summed E-state index contributed by atoms with van der Waals surface area (Å²) in [6, 6.07) is 3.67. The lowest BCUT2D eigenvalue weighted by atomic mass is 9.92. The van der Waals surface area contributed by atoms with Gasteiger partial charge in [0.25, 0.3) is 0 Å². The molecular formula is C82H56O52. The Morgan fingerprint density at radius 2 is 0.478 bits per heavy atom. The van der Waals surface area contributed by atoms with Crippen LogP contribution in [0.3, 0.4) is 0 Å². The van der Waals surface area contributed by atoms with Crippen molar-refractivity contribution < 1.29 is 257 Å². The van der Waals surface area contributed by atoms with Crippen molar-refractivity contribution in [2.75, 3.05) is 13.2 Å². The number of carbonyl (C=O) groups is 10. The van der Waals surface area contributed by atoms with Gasteiger partial charge in [-0.25, -0.2) is 47.9 Å². The van der Waals surface area contributed by atoms with Crippen molar-refractivity contribution in [1.82, 2.24) is 0 Å². The summed E-state index contributed by atoms with van der Waals surface area (Å²) in [7, 11) is 0. The van der Waals surface area contributed by atoms with Gasteiger partial charge in [0.1, 0.15) is 36.5 Å².